The van der Waals surface area contributed by atoms with Crippen LogP contribution in [0.5, 0.6) is 0 Å². The Bertz CT molecular complexity index is 389. The molecule has 114 valence electrons. The van der Waals surface area contributed by atoms with Gasteiger partial charge in [0.25, 0.3) is 0 Å². The van der Waals surface area contributed by atoms with Crippen LogP contribution in [0.2, 0.25) is 0 Å². The van der Waals surface area contributed by atoms with Gasteiger partial charge in [-0.25, -0.2) is 0 Å². The van der Waals surface area contributed by atoms with E-state index in [1.807, 2.05) is 0 Å². The van der Waals surface area contributed by atoms with E-state index in [-0.39, 0.29) is 18.6 Å². The van der Waals surface area contributed by atoms with Crippen LogP contribution in [0.4, 0.5) is 0 Å². The van der Waals surface area contributed by atoms with E-state index in [1.165, 1.54) is 0 Å². The van der Waals surface area contributed by atoms with E-state index in [9.17, 15) is 19.2 Å². The predicted molar refractivity (Wildman–Crippen MR) is 69.7 cm³/mol. The molecule has 0 aliphatic rings. The summed E-state index contributed by atoms with van der Waals surface area (Å²) in [5.74, 6) is -3.88. The summed E-state index contributed by atoms with van der Waals surface area (Å²) in [5.41, 5.74) is 5.22. The molecule has 20 heavy (non-hydrogen) atoms. The predicted octanol–water partition coefficient (Wildman–Crippen LogP) is -2.59. The second kappa shape index (κ2) is 9.15. The molecule has 0 aromatic heterocycles. The van der Waals surface area contributed by atoms with Crippen molar-refractivity contribution in [2.75, 3.05) is 12.3 Å². The molecule has 0 aliphatic heterocycles. The number of carbonyl (C=O) groups is 4. The van der Waals surface area contributed by atoms with Crippen LogP contribution < -0.4 is 16.4 Å². The quantitative estimate of drug-likeness (QED) is 0.290. The summed E-state index contributed by atoms with van der Waals surface area (Å²) >= 11 is 4.68. The first kappa shape index (κ1) is 18.2. The van der Waals surface area contributed by atoms with Gasteiger partial charge in [0.2, 0.25) is 11.8 Å². The Balaban J connectivity index is 4.21. The van der Waals surface area contributed by atoms with Crippen molar-refractivity contribution in [1.82, 2.24) is 10.6 Å². The Labute approximate surface area is 120 Å². The molecule has 0 aromatic carbocycles. The second-order valence-electron chi connectivity index (χ2n) is 3.88. The maximum atomic E-state index is 11.5. The van der Waals surface area contributed by atoms with Crippen molar-refractivity contribution in [3.8, 4) is 0 Å². The van der Waals surface area contributed by atoms with Gasteiger partial charge in [0.15, 0.2) is 0 Å². The maximum absolute atomic E-state index is 11.5. The molecular formula is C10H16N3O6S-. The Morgan fingerprint density at radius 3 is 2.25 bits per heavy atom. The van der Waals surface area contributed by atoms with E-state index in [4.69, 9.17) is 15.9 Å². The molecule has 9 nitrogen and oxygen atoms in total. The SMILES string of the molecule is N[C@H](CCC(=O)N[C@@H](C[S-])C(=O)NCC(=O)O)C(=O)O. The minimum Gasteiger partial charge on any atom is -0.790 e. The lowest BCUT2D eigenvalue weighted by molar-refractivity contribution is -0.139. The summed E-state index contributed by atoms with van der Waals surface area (Å²) in [6.45, 7) is -0.579. The fraction of sp³-hybridized carbons (Fsp3) is 0.600. The summed E-state index contributed by atoms with van der Waals surface area (Å²) in [5, 5.41) is 21.3. The number of amides is 2. The van der Waals surface area contributed by atoms with Crippen molar-refractivity contribution in [2.45, 2.75) is 24.9 Å². The zero-order chi connectivity index (χ0) is 15.7. The third kappa shape index (κ3) is 7.59. The molecule has 0 unspecified atom stereocenters. The topological polar surface area (TPSA) is 159 Å². The molecule has 0 rings (SSSR count). The lowest BCUT2D eigenvalue weighted by atomic mass is 10.1. The maximum Gasteiger partial charge on any atom is 0.322 e. The molecular weight excluding hydrogens is 290 g/mol. The summed E-state index contributed by atoms with van der Waals surface area (Å²) in [6.07, 6.45) is -0.256. The Morgan fingerprint density at radius 1 is 1.20 bits per heavy atom. The lowest BCUT2D eigenvalue weighted by Crippen LogP contribution is -2.49. The fourth-order valence-corrected chi connectivity index (χ4v) is 1.38. The zero-order valence-corrected chi connectivity index (χ0v) is 11.3. The van der Waals surface area contributed by atoms with E-state index >= 15 is 0 Å². The molecule has 2 amide bonds. The van der Waals surface area contributed by atoms with Crippen molar-refractivity contribution in [3.05, 3.63) is 0 Å². The highest BCUT2D eigenvalue weighted by molar-refractivity contribution is 7.58. The van der Waals surface area contributed by atoms with Crippen molar-refractivity contribution in [2.24, 2.45) is 5.73 Å². The molecule has 0 saturated carbocycles. The first-order chi connectivity index (χ1) is 9.27. The van der Waals surface area contributed by atoms with Gasteiger partial charge in [0.05, 0.1) is 6.04 Å². The summed E-state index contributed by atoms with van der Waals surface area (Å²) < 4.78 is 0. The molecule has 0 heterocycles. The van der Waals surface area contributed by atoms with Crippen molar-refractivity contribution in [1.29, 1.82) is 0 Å². The molecule has 6 N–H and O–H groups in total. The van der Waals surface area contributed by atoms with E-state index in [2.05, 4.69) is 23.3 Å². The molecule has 0 bridgehead atoms. The average molecular weight is 306 g/mol. The van der Waals surface area contributed by atoms with Crippen LogP contribution in [0.15, 0.2) is 0 Å². The first-order valence-electron chi connectivity index (χ1n) is 5.63. The average Bonchev–Trinajstić information content (AvgIpc) is 2.38. The highest BCUT2D eigenvalue weighted by atomic mass is 32.1. The van der Waals surface area contributed by atoms with Gasteiger partial charge < -0.3 is 39.2 Å². The van der Waals surface area contributed by atoms with Gasteiger partial charge in [-0.15, -0.1) is 5.75 Å². The minimum atomic E-state index is -1.23. The highest BCUT2D eigenvalue weighted by Gasteiger charge is 2.18. The van der Waals surface area contributed by atoms with E-state index in [0.717, 1.165) is 0 Å². The molecule has 0 fully saturated rings. The second-order valence-corrected chi connectivity index (χ2v) is 4.22. The Morgan fingerprint density at radius 2 is 1.80 bits per heavy atom. The van der Waals surface area contributed by atoms with Crippen molar-refractivity contribution in [3.63, 3.8) is 0 Å². The molecule has 0 saturated heterocycles. The van der Waals surface area contributed by atoms with E-state index in [1.54, 1.807) is 0 Å². The highest BCUT2D eigenvalue weighted by Crippen LogP contribution is 1.96. The van der Waals surface area contributed by atoms with Crippen molar-refractivity contribution < 1.29 is 29.4 Å². The third-order valence-corrected chi connectivity index (χ3v) is 2.57. The van der Waals surface area contributed by atoms with Crippen LogP contribution in [-0.2, 0) is 31.8 Å². The van der Waals surface area contributed by atoms with Crippen LogP contribution in [0, 0.1) is 0 Å². The van der Waals surface area contributed by atoms with Crippen LogP contribution >= 0.6 is 0 Å². The molecule has 0 spiro atoms. The van der Waals surface area contributed by atoms with Gasteiger partial charge in [-0.05, 0) is 6.42 Å². The number of rotatable bonds is 9. The number of nitrogens with one attached hydrogen (secondary N) is 2. The van der Waals surface area contributed by atoms with Gasteiger partial charge in [-0.1, -0.05) is 0 Å². The van der Waals surface area contributed by atoms with Gasteiger partial charge in [0, 0.05) is 6.42 Å². The summed E-state index contributed by atoms with van der Waals surface area (Å²) in [6, 6.07) is -2.21. The monoisotopic (exact) mass is 306 g/mol. The molecule has 0 aliphatic carbocycles. The van der Waals surface area contributed by atoms with Crippen LogP contribution in [0.3, 0.4) is 0 Å². The number of carboxylic acids is 2. The van der Waals surface area contributed by atoms with Crippen LogP contribution in [0.25, 0.3) is 0 Å². The van der Waals surface area contributed by atoms with Gasteiger partial charge in [-0.2, -0.15) is 0 Å². The zero-order valence-electron chi connectivity index (χ0n) is 10.5. The summed E-state index contributed by atoms with van der Waals surface area (Å²) in [7, 11) is 0. The summed E-state index contributed by atoms with van der Waals surface area (Å²) in [4.78, 5) is 43.7. The van der Waals surface area contributed by atoms with E-state index < -0.39 is 42.4 Å². The number of hydrogen-bond acceptors (Lipinski definition) is 6. The molecule has 2 atom stereocenters. The fourth-order valence-electron chi connectivity index (χ4n) is 1.15. The van der Waals surface area contributed by atoms with Gasteiger partial charge in [-0.3, -0.25) is 19.2 Å². The van der Waals surface area contributed by atoms with Crippen LogP contribution in [0.1, 0.15) is 12.8 Å². The number of nitrogens with two attached hydrogens (primary N) is 1. The molecule has 0 aromatic rings. The Hall–Kier alpha value is -1.81. The number of hydrogen-bond donors (Lipinski definition) is 5. The minimum absolute atomic E-state index is 0.0813. The number of aliphatic carboxylic acids is 2. The van der Waals surface area contributed by atoms with Gasteiger partial charge >= 0.3 is 11.9 Å². The van der Waals surface area contributed by atoms with E-state index in [0.29, 0.717) is 0 Å². The molecule has 0 radical (unpaired) electrons. The first-order valence-corrected chi connectivity index (χ1v) is 6.21. The third-order valence-electron chi connectivity index (χ3n) is 2.23. The van der Waals surface area contributed by atoms with Crippen LogP contribution in [-0.4, -0.2) is 58.3 Å². The van der Waals surface area contributed by atoms with Crippen molar-refractivity contribution >= 4 is 36.4 Å². The smallest absolute Gasteiger partial charge is 0.322 e. The normalized spacial score (nSPS) is 13.1. The molecule has 10 heteroatoms. The largest absolute Gasteiger partial charge is 0.790 e. The lowest BCUT2D eigenvalue weighted by Gasteiger charge is -2.20. The van der Waals surface area contributed by atoms with Gasteiger partial charge in [0.1, 0.15) is 12.6 Å². The number of carbonyl (C=O) groups excluding carboxylic acids is 2. The Kier molecular flexibility index (Phi) is 8.32. The standard InChI is InChI=1S/C10H17N3O6S/c11-5(10(18)19)1-2-7(14)13-6(4-20)9(17)12-3-8(15)16/h5-6,20H,1-4,11H2,(H,12,17)(H,13,14)(H,15,16)(H,18,19)/p-1/t5-,6+/m1/s1. The number of carboxylic acid groups (broad SMARTS) is 2.